The van der Waals surface area contributed by atoms with Crippen LogP contribution in [0.3, 0.4) is 0 Å². The molecule has 134 valence electrons. The van der Waals surface area contributed by atoms with Gasteiger partial charge in [-0.25, -0.2) is 0 Å². The summed E-state index contributed by atoms with van der Waals surface area (Å²) in [5.74, 6) is -2.58. The first-order chi connectivity index (χ1) is 10.4. The van der Waals surface area contributed by atoms with E-state index in [4.69, 9.17) is 9.47 Å². The van der Waals surface area contributed by atoms with Crippen LogP contribution >= 0.6 is 0 Å². The number of rotatable bonds is 3. The quantitative estimate of drug-likeness (QED) is 0.365. The molecular weight excluding hydrogens is 491 g/mol. The van der Waals surface area contributed by atoms with E-state index in [0.29, 0.717) is 5.92 Å². The molecule has 0 amide bonds. The number of hydrogen-bond acceptors (Lipinski definition) is 9. The van der Waals surface area contributed by atoms with E-state index in [1.165, 1.54) is 0 Å². The number of carboxylic acids is 2. The van der Waals surface area contributed by atoms with E-state index in [9.17, 15) is 19.8 Å². The Morgan fingerprint density at radius 2 is 1.39 bits per heavy atom. The van der Waals surface area contributed by atoms with Gasteiger partial charge in [0.05, 0.1) is 11.9 Å². The second-order valence-corrected chi connectivity index (χ2v) is 5.66. The first kappa shape index (κ1) is 20.5. The largest absolute Gasteiger partial charge is 2.00 e. The van der Waals surface area contributed by atoms with Crippen molar-refractivity contribution in [2.24, 2.45) is 5.92 Å². The fourth-order valence-electron chi connectivity index (χ4n) is 2.21. The van der Waals surface area contributed by atoms with Crippen molar-refractivity contribution >= 4 is 11.9 Å². The molecule has 10 heteroatoms. The van der Waals surface area contributed by atoms with Crippen molar-refractivity contribution < 1.29 is 55.1 Å². The summed E-state index contributed by atoms with van der Waals surface area (Å²) in [6.07, 6.45) is -2.16. The molecule has 9 nitrogen and oxygen atoms in total. The van der Waals surface area contributed by atoms with Gasteiger partial charge in [0.1, 0.15) is 24.4 Å². The minimum Gasteiger partial charge on any atom is -0.547 e. The normalized spacial score (nSPS) is 32.8. The fraction of sp³-hybridized carbons (Fsp3) is 0.846. The topological polar surface area (TPSA) is 135 Å². The third-order valence-corrected chi connectivity index (χ3v) is 3.47. The Morgan fingerprint density at radius 1 is 0.957 bits per heavy atom. The predicted octanol–water partition coefficient (Wildman–Crippen LogP) is -3.85. The number of nitrogens with one attached hydrogen (secondary N) is 2. The number of carboxylic acid groups (broad SMARTS) is 2. The first-order valence-electron chi connectivity index (χ1n) is 7.19. The van der Waals surface area contributed by atoms with Gasteiger partial charge < -0.3 is 44.6 Å². The van der Waals surface area contributed by atoms with Crippen molar-refractivity contribution in [2.75, 3.05) is 19.8 Å². The van der Waals surface area contributed by atoms with E-state index in [1.807, 2.05) is 0 Å². The number of epoxide rings is 1. The van der Waals surface area contributed by atoms with Crippen LogP contribution in [0.5, 0.6) is 0 Å². The van der Waals surface area contributed by atoms with Gasteiger partial charge in [-0.2, -0.15) is 0 Å². The van der Waals surface area contributed by atoms with Gasteiger partial charge >= 0.3 is 21.1 Å². The second-order valence-electron chi connectivity index (χ2n) is 5.66. The van der Waals surface area contributed by atoms with E-state index in [2.05, 4.69) is 29.2 Å². The molecule has 3 rings (SSSR count). The van der Waals surface area contributed by atoms with Crippen molar-refractivity contribution in [2.45, 2.75) is 44.6 Å². The van der Waals surface area contributed by atoms with Gasteiger partial charge in [-0.15, -0.1) is 0 Å². The molecule has 0 unspecified atom stereocenters. The summed E-state index contributed by atoms with van der Waals surface area (Å²) in [6.45, 7) is 6.88. The number of aliphatic carboxylic acids is 2. The minimum atomic E-state index is -1.51. The van der Waals surface area contributed by atoms with Crippen molar-refractivity contribution in [1.29, 1.82) is 0 Å². The Kier molecular flexibility index (Phi) is 8.06. The summed E-state index contributed by atoms with van der Waals surface area (Å²) in [6, 6.07) is 0. The molecule has 23 heavy (non-hydrogen) atoms. The third-order valence-electron chi connectivity index (χ3n) is 3.47. The molecule has 4 atom stereocenters. The molecule has 0 bridgehead atoms. The van der Waals surface area contributed by atoms with Crippen LogP contribution < -0.4 is 20.8 Å². The molecule has 0 spiro atoms. The summed E-state index contributed by atoms with van der Waals surface area (Å²) in [7, 11) is 0. The average Bonchev–Trinajstić information content (AvgIpc) is 3.20. The van der Waals surface area contributed by atoms with Gasteiger partial charge in [0.15, 0.2) is 6.29 Å². The molecule has 2 N–H and O–H groups in total. The molecule has 3 fully saturated rings. The summed E-state index contributed by atoms with van der Waals surface area (Å²) >= 11 is 0. The summed E-state index contributed by atoms with van der Waals surface area (Å²) < 4.78 is 15.7. The van der Waals surface area contributed by atoms with Crippen molar-refractivity contribution in [1.82, 2.24) is 10.6 Å². The zero-order valence-electron chi connectivity index (χ0n) is 12.8. The molecule has 0 aromatic heterocycles. The van der Waals surface area contributed by atoms with Crippen LogP contribution in [0.2, 0.25) is 0 Å². The van der Waals surface area contributed by atoms with Crippen LogP contribution in [0, 0.1) is 5.92 Å². The zero-order valence-corrected chi connectivity index (χ0v) is 15.0. The SMILES string of the molecule is CC(C)C1O[C@@H]2CNCNC[C@H]2O1.O=C([O-])[C@H]1O[C@H]1C(=O)[O-].[Pt+2]. The van der Waals surface area contributed by atoms with Gasteiger partial charge in [0.25, 0.3) is 0 Å². The Morgan fingerprint density at radius 3 is 1.70 bits per heavy atom. The standard InChI is InChI=1S/C9H18N2O2.C4H4O5.Pt/c1-6(2)9-12-7-3-10-5-11-4-8(7)13-9;5-3(6)1-2(9-1)4(7)8;/h6-11H,3-5H2,1-2H3;1-2H,(H,5,6)(H,7,8);/q;;+2/p-2/t7-,8-;1-,2+;/m1../s1. The van der Waals surface area contributed by atoms with Gasteiger partial charge in [0.2, 0.25) is 0 Å². The Balaban J connectivity index is 0.000000235. The maximum Gasteiger partial charge on any atom is 2.00 e. The maximum absolute atomic E-state index is 9.75. The van der Waals surface area contributed by atoms with Crippen LogP contribution in [0.1, 0.15) is 13.8 Å². The summed E-state index contributed by atoms with van der Waals surface area (Å²) in [5.41, 5.74) is 0. The van der Waals surface area contributed by atoms with Crippen LogP contribution in [0.15, 0.2) is 0 Å². The molecule has 0 aliphatic carbocycles. The second kappa shape index (κ2) is 9.05. The monoisotopic (exact) mass is 511 g/mol. The van der Waals surface area contributed by atoms with Gasteiger partial charge in [0, 0.05) is 25.7 Å². The number of carbonyl (C=O) groups excluding carboxylic acids is 2. The van der Waals surface area contributed by atoms with Crippen molar-refractivity contribution in [3.05, 3.63) is 0 Å². The maximum atomic E-state index is 9.75. The Hall–Kier alpha value is -0.572. The van der Waals surface area contributed by atoms with Crippen LogP contribution in [-0.2, 0) is 44.9 Å². The van der Waals surface area contributed by atoms with Gasteiger partial charge in [-0.1, -0.05) is 13.8 Å². The molecule has 3 heterocycles. The van der Waals surface area contributed by atoms with E-state index in [-0.39, 0.29) is 39.6 Å². The van der Waals surface area contributed by atoms with E-state index in [1.54, 1.807) is 0 Å². The van der Waals surface area contributed by atoms with E-state index >= 15 is 0 Å². The third kappa shape index (κ3) is 5.77. The van der Waals surface area contributed by atoms with Crippen LogP contribution in [0.25, 0.3) is 0 Å². The molecule has 0 aromatic carbocycles. The van der Waals surface area contributed by atoms with Crippen LogP contribution in [-0.4, -0.2) is 62.4 Å². The molecule has 3 aliphatic heterocycles. The molecule has 3 saturated heterocycles. The molecule has 0 radical (unpaired) electrons. The molecule has 0 aromatic rings. The summed E-state index contributed by atoms with van der Waals surface area (Å²) in [5, 5.41) is 26.0. The van der Waals surface area contributed by atoms with Gasteiger partial charge in [-0.3, -0.25) is 0 Å². The van der Waals surface area contributed by atoms with E-state index in [0.717, 1.165) is 19.8 Å². The number of fused-ring (bicyclic) bond motifs is 1. The number of ether oxygens (including phenoxy) is 3. The number of carbonyl (C=O) groups is 2. The zero-order chi connectivity index (χ0) is 16.3. The van der Waals surface area contributed by atoms with Gasteiger partial charge in [-0.05, 0) is 0 Å². The van der Waals surface area contributed by atoms with E-state index < -0.39 is 24.1 Å². The first-order valence-corrected chi connectivity index (χ1v) is 7.19. The molecule has 0 saturated carbocycles. The number of hydrogen-bond donors (Lipinski definition) is 2. The molecular formula is C13H20N2O7Pt. The predicted molar refractivity (Wildman–Crippen MR) is 67.9 cm³/mol. The van der Waals surface area contributed by atoms with Crippen LogP contribution in [0.4, 0.5) is 0 Å². The summed E-state index contributed by atoms with van der Waals surface area (Å²) in [4.78, 5) is 19.5. The molecule has 3 aliphatic rings. The minimum absolute atomic E-state index is 0. The Bertz CT molecular complexity index is 391. The van der Waals surface area contributed by atoms with Crippen molar-refractivity contribution in [3.63, 3.8) is 0 Å². The Labute approximate surface area is 148 Å². The fourth-order valence-corrected chi connectivity index (χ4v) is 2.21. The average molecular weight is 511 g/mol. The van der Waals surface area contributed by atoms with Crippen molar-refractivity contribution in [3.8, 4) is 0 Å². The smallest absolute Gasteiger partial charge is 0.547 e.